The van der Waals surface area contributed by atoms with Crippen LogP contribution in [0.25, 0.3) is 11.0 Å². The SMILES string of the molecule is CC(C)(C)OC(=O)NC1(c2ccccc2F)CCN(c2nc(C#N)c3c(Br)[nH]nc3n2)CC1. The molecule has 9 nitrogen and oxygen atoms in total. The predicted octanol–water partition coefficient (Wildman–Crippen LogP) is 4.15. The lowest BCUT2D eigenvalue weighted by molar-refractivity contribution is 0.0428. The third kappa shape index (κ3) is 4.61. The number of hydrogen-bond donors (Lipinski definition) is 2. The number of halogens is 2. The molecule has 2 N–H and O–H groups in total. The van der Waals surface area contributed by atoms with Crippen LogP contribution in [0.5, 0.6) is 0 Å². The molecule has 4 rings (SSSR count). The molecular formula is C22H23BrFN7O2. The van der Waals surface area contributed by atoms with Gasteiger partial charge in [-0.3, -0.25) is 5.10 Å². The minimum absolute atomic E-state index is 0.202. The zero-order chi connectivity index (χ0) is 23.8. The molecule has 0 unspecified atom stereocenters. The number of nitrogens with one attached hydrogen (secondary N) is 2. The fraction of sp³-hybridized carbons (Fsp3) is 0.409. The number of piperidine rings is 1. The first-order valence-electron chi connectivity index (χ1n) is 10.4. The number of anilines is 1. The van der Waals surface area contributed by atoms with Crippen molar-refractivity contribution in [3.05, 3.63) is 45.9 Å². The molecule has 3 aromatic rings. The number of hydrogen-bond acceptors (Lipinski definition) is 7. The number of amides is 1. The van der Waals surface area contributed by atoms with E-state index in [-0.39, 0.29) is 5.69 Å². The van der Waals surface area contributed by atoms with Crippen LogP contribution < -0.4 is 10.2 Å². The highest BCUT2D eigenvalue weighted by Crippen LogP contribution is 2.36. The number of aromatic amines is 1. The third-order valence-electron chi connectivity index (χ3n) is 5.49. The Kier molecular flexibility index (Phi) is 5.97. The number of benzene rings is 1. The van der Waals surface area contributed by atoms with Gasteiger partial charge in [0.05, 0.1) is 10.9 Å². The van der Waals surface area contributed by atoms with Gasteiger partial charge in [-0.25, -0.2) is 14.2 Å². The minimum Gasteiger partial charge on any atom is -0.444 e. The van der Waals surface area contributed by atoms with E-state index in [0.29, 0.717) is 53.1 Å². The van der Waals surface area contributed by atoms with Gasteiger partial charge in [-0.2, -0.15) is 15.3 Å². The largest absolute Gasteiger partial charge is 0.444 e. The first kappa shape index (κ1) is 22.9. The Labute approximate surface area is 198 Å². The Balaban J connectivity index is 1.63. The molecule has 0 radical (unpaired) electrons. The van der Waals surface area contributed by atoms with Crippen molar-refractivity contribution in [2.75, 3.05) is 18.0 Å². The highest BCUT2D eigenvalue weighted by Gasteiger charge is 2.41. The molecule has 0 atom stereocenters. The zero-order valence-corrected chi connectivity index (χ0v) is 20.0. The predicted molar refractivity (Wildman–Crippen MR) is 123 cm³/mol. The second-order valence-corrected chi connectivity index (χ2v) is 9.69. The molecule has 1 fully saturated rings. The molecule has 2 aromatic heterocycles. The van der Waals surface area contributed by atoms with Gasteiger partial charge in [-0.15, -0.1) is 0 Å². The van der Waals surface area contributed by atoms with E-state index in [0.717, 1.165) is 0 Å². The molecule has 0 saturated carbocycles. The van der Waals surface area contributed by atoms with Crippen molar-refractivity contribution in [3.63, 3.8) is 0 Å². The van der Waals surface area contributed by atoms with E-state index in [1.807, 2.05) is 4.90 Å². The molecule has 33 heavy (non-hydrogen) atoms. The number of nitrogens with zero attached hydrogens (tertiary/aromatic N) is 5. The second kappa shape index (κ2) is 8.59. The van der Waals surface area contributed by atoms with Crippen LogP contribution in [-0.2, 0) is 10.3 Å². The molecule has 11 heteroatoms. The fourth-order valence-electron chi connectivity index (χ4n) is 4.00. The molecule has 0 aliphatic carbocycles. The number of fused-ring (bicyclic) bond motifs is 1. The number of aromatic nitrogens is 4. The summed E-state index contributed by atoms with van der Waals surface area (Å²) in [5.74, 6) is -0.0368. The van der Waals surface area contributed by atoms with Gasteiger partial charge in [0.25, 0.3) is 0 Å². The van der Waals surface area contributed by atoms with Crippen molar-refractivity contribution in [3.8, 4) is 6.07 Å². The van der Waals surface area contributed by atoms with Crippen LogP contribution in [0.2, 0.25) is 0 Å². The summed E-state index contributed by atoms with van der Waals surface area (Å²) < 4.78 is 20.8. The normalized spacial score (nSPS) is 15.8. The summed E-state index contributed by atoms with van der Waals surface area (Å²) in [4.78, 5) is 23.4. The van der Waals surface area contributed by atoms with Crippen molar-refractivity contribution >= 4 is 39.0 Å². The maximum atomic E-state index is 14.8. The van der Waals surface area contributed by atoms with Crippen LogP contribution in [0.3, 0.4) is 0 Å². The van der Waals surface area contributed by atoms with Gasteiger partial charge < -0.3 is 15.0 Å². The smallest absolute Gasteiger partial charge is 0.408 e. The molecule has 3 heterocycles. The van der Waals surface area contributed by atoms with Crippen LogP contribution in [0.15, 0.2) is 28.9 Å². The van der Waals surface area contributed by atoms with Gasteiger partial charge in [0, 0.05) is 18.7 Å². The molecule has 172 valence electrons. The highest BCUT2D eigenvalue weighted by molar-refractivity contribution is 9.10. The van der Waals surface area contributed by atoms with Gasteiger partial charge in [-0.05, 0) is 55.6 Å². The minimum atomic E-state index is -0.957. The lowest BCUT2D eigenvalue weighted by Gasteiger charge is -2.42. The topological polar surface area (TPSA) is 120 Å². The number of nitriles is 1. The van der Waals surface area contributed by atoms with Gasteiger partial charge in [0.15, 0.2) is 11.3 Å². The summed E-state index contributed by atoms with van der Waals surface area (Å²) in [5, 5.41) is 19.9. The maximum absolute atomic E-state index is 14.8. The molecule has 1 aliphatic heterocycles. The maximum Gasteiger partial charge on any atom is 0.408 e. The summed E-state index contributed by atoms with van der Waals surface area (Å²) in [5.41, 5.74) is -0.659. The van der Waals surface area contributed by atoms with Crippen LogP contribution >= 0.6 is 15.9 Å². The molecular weight excluding hydrogens is 493 g/mol. The molecule has 1 aromatic carbocycles. The van der Waals surface area contributed by atoms with E-state index in [2.05, 4.69) is 47.5 Å². The lowest BCUT2D eigenvalue weighted by atomic mass is 9.80. The Bertz CT molecular complexity index is 1240. The summed E-state index contributed by atoms with van der Waals surface area (Å²) >= 11 is 3.32. The average Bonchev–Trinajstić information content (AvgIpc) is 3.13. The summed E-state index contributed by atoms with van der Waals surface area (Å²) in [6, 6.07) is 8.50. The summed E-state index contributed by atoms with van der Waals surface area (Å²) in [6.07, 6.45) is 0.173. The standard InChI is InChI=1S/C22H23BrFN7O2/c1-21(2,3)33-20(32)28-22(13-6-4-5-7-14(13)24)8-10-31(11-9-22)19-26-15(12-25)16-17(23)29-30-18(16)27-19/h4-7H,8-11H2,1-3H3,(H,28,32)(H,26,27,29,30). The third-order valence-corrected chi connectivity index (χ3v) is 6.07. The Morgan fingerprint density at radius 2 is 2.00 bits per heavy atom. The van der Waals surface area contributed by atoms with Crippen LogP contribution in [0.1, 0.15) is 44.9 Å². The summed E-state index contributed by atoms with van der Waals surface area (Å²) in [7, 11) is 0. The molecule has 1 saturated heterocycles. The average molecular weight is 516 g/mol. The number of ether oxygens (including phenoxy) is 1. The first-order chi connectivity index (χ1) is 15.6. The Morgan fingerprint density at radius 1 is 1.30 bits per heavy atom. The Hall–Kier alpha value is -3.26. The molecule has 1 amide bonds. The van der Waals surface area contributed by atoms with E-state index in [1.54, 1.807) is 39.0 Å². The fourth-order valence-corrected chi connectivity index (χ4v) is 4.45. The van der Waals surface area contributed by atoms with Crippen molar-refractivity contribution in [2.45, 2.75) is 44.8 Å². The second-order valence-electron chi connectivity index (χ2n) is 8.90. The monoisotopic (exact) mass is 515 g/mol. The van der Waals surface area contributed by atoms with E-state index >= 15 is 0 Å². The van der Waals surface area contributed by atoms with Gasteiger partial charge in [-0.1, -0.05) is 18.2 Å². The van der Waals surface area contributed by atoms with Crippen LogP contribution in [-0.4, -0.2) is 44.9 Å². The first-order valence-corrected chi connectivity index (χ1v) is 11.2. The Morgan fingerprint density at radius 3 is 2.64 bits per heavy atom. The van der Waals surface area contributed by atoms with E-state index in [1.165, 1.54) is 6.07 Å². The van der Waals surface area contributed by atoms with E-state index in [9.17, 15) is 14.4 Å². The zero-order valence-electron chi connectivity index (χ0n) is 18.4. The quantitative estimate of drug-likeness (QED) is 0.537. The van der Waals surface area contributed by atoms with E-state index in [4.69, 9.17) is 4.74 Å². The number of alkyl carbamates (subject to hydrolysis) is 1. The van der Waals surface area contributed by atoms with Crippen LogP contribution in [0, 0.1) is 17.1 Å². The highest BCUT2D eigenvalue weighted by atomic mass is 79.9. The number of carbonyl (C=O) groups excluding carboxylic acids is 1. The van der Waals surface area contributed by atoms with Gasteiger partial charge in [0.1, 0.15) is 22.1 Å². The lowest BCUT2D eigenvalue weighted by Crippen LogP contribution is -2.54. The van der Waals surface area contributed by atoms with Crippen molar-refractivity contribution in [1.82, 2.24) is 25.5 Å². The van der Waals surface area contributed by atoms with Crippen molar-refractivity contribution in [1.29, 1.82) is 5.26 Å². The van der Waals surface area contributed by atoms with Crippen LogP contribution in [0.4, 0.5) is 15.1 Å². The number of rotatable bonds is 3. The molecule has 0 spiro atoms. The van der Waals surface area contributed by atoms with Gasteiger partial charge in [0.2, 0.25) is 5.95 Å². The molecule has 0 bridgehead atoms. The van der Waals surface area contributed by atoms with Crippen molar-refractivity contribution < 1.29 is 13.9 Å². The number of carbonyl (C=O) groups is 1. The summed E-state index contributed by atoms with van der Waals surface area (Å²) in [6.45, 7) is 6.17. The molecule has 1 aliphatic rings. The number of H-pyrrole nitrogens is 1. The van der Waals surface area contributed by atoms with Crippen molar-refractivity contribution in [2.24, 2.45) is 0 Å². The van der Waals surface area contributed by atoms with E-state index < -0.39 is 23.1 Å². The van der Waals surface area contributed by atoms with Gasteiger partial charge >= 0.3 is 6.09 Å².